The number of amides is 1. The smallest absolute Gasteiger partial charge is 0.263 e. The second-order valence-corrected chi connectivity index (χ2v) is 7.34. The molecule has 2 aromatic rings. The normalized spacial score (nSPS) is 19.3. The zero-order valence-corrected chi connectivity index (χ0v) is 13.4. The summed E-state index contributed by atoms with van der Waals surface area (Å²) in [6.45, 7) is 3.25. The number of rotatable bonds is 2. The van der Waals surface area contributed by atoms with Gasteiger partial charge in [0.25, 0.3) is 5.91 Å². The topological polar surface area (TPSA) is 59.2 Å². The quantitative estimate of drug-likeness (QED) is 0.829. The SMILES string of the molecule is Cc1noc([C@@H]2CCCN(C(=O)c3ccc(Br)s3)C2)n1. The monoisotopic (exact) mass is 355 g/mol. The lowest BCUT2D eigenvalue weighted by Gasteiger charge is -2.30. The molecule has 0 aromatic carbocycles. The first-order valence-corrected chi connectivity index (χ1v) is 8.09. The predicted octanol–water partition coefficient (Wildman–Crippen LogP) is 3.22. The first-order valence-electron chi connectivity index (χ1n) is 6.48. The number of likely N-dealkylation sites (tertiary alicyclic amines) is 1. The van der Waals surface area contributed by atoms with Gasteiger partial charge in [0.1, 0.15) is 0 Å². The van der Waals surface area contributed by atoms with Crippen molar-refractivity contribution in [2.45, 2.75) is 25.7 Å². The fraction of sp³-hybridized carbons (Fsp3) is 0.462. The second-order valence-electron chi connectivity index (χ2n) is 4.87. The molecule has 1 aliphatic rings. The molecular formula is C13H14BrN3O2S. The van der Waals surface area contributed by atoms with Gasteiger partial charge in [-0.25, -0.2) is 0 Å². The summed E-state index contributed by atoms with van der Waals surface area (Å²) in [4.78, 5) is 19.4. The maximum absolute atomic E-state index is 12.4. The average Bonchev–Trinajstić information content (AvgIpc) is 3.07. The van der Waals surface area contributed by atoms with E-state index in [2.05, 4.69) is 26.1 Å². The van der Waals surface area contributed by atoms with Crippen LogP contribution in [-0.4, -0.2) is 34.0 Å². The van der Waals surface area contributed by atoms with Crippen LogP contribution in [0.25, 0.3) is 0 Å². The second kappa shape index (κ2) is 5.65. The van der Waals surface area contributed by atoms with E-state index < -0.39 is 0 Å². The molecule has 1 fully saturated rings. The predicted molar refractivity (Wildman–Crippen MR) is 78.9 cm³/mol. The number of nitrogens with zero attached hydrogens (tertiary/aromatic N) is 3. The van der Waals surface area contributed by atoms with Gasteiger partial charge in [-0.2, -0.15) is 4.98 Å². The van der Waals surface area contributed by atoms with Crippen molar-refractivity contribution in [3.63, 3.8) is 0 Å². The van der Waals surface area contributed by atoms with Crippen molar-refractivity contribution in [1.29, 1.82) is 0 Å². The number of hydrogen-bond acceptors (Lipinski definition) is 5. The fourth-order valence-corrected chi connectivity index (χ4v) is 3.78. The number of halogens is 1. The standard InChI is InChI=1S/C13H14BrN3O2S/c1-8-15-12(19-16-8)9-3-2-6-17(7-9)13(18)10-4-5-11(14)20-10/h4-5,9H,2-3,6-7H2,1H3/t9-/m1/s1. The highest BCUT2D eigenvalue weighted by Crippen LogP contribution is 2.29. The summed E-state index contributed by atoms with van der Waals surface area (Å²) >= 11 is 4.86. The van der Waals surface area contributed by atoms with Crippen LogP contribution in [0.1, 0.15) is 40.1 Å². The molecule has 1 amide bonds. The van der Waals surface area contributed by atoms with E-state index in [0.29, 0.717) is 18.3 Å². The van der Waals surface area contributed by atoms with E-state index in [1.165, 1.54) is 11.3 Å². The van der Waals surface area contributed by atoms with Crippen LogP contribution in [0, 0.1) is 6.92 Å². The molecule has 1 saturated heterocycles. The number of hydrogen-bond donors (Lipinski definition) is 0. The highest BCUT2D eigenvalue weighted by molar-refractivity contribution is 9.11. The first kappa shape index (κ1) is 13.8. The maximum Gasteiger partial charge on any atom is 0.263 e. The molecule has 3 heterocycles. The van der Waals surface area contributed by atoms with Crippen molar-refractivity contribution in [3.8, 4) is 0 Å². The lowest BCUT2D eigenvalue weighted by atomic mass is 9.98. The van der Waals surface area contributed by atoms with E-state index in [-0.39, 0.29) is 11.8 Å². The Morgan fingerprint density at radius 3 is 3.05 bits per heavy atom. The Labute approximate surface area is 129 Å². The molecule has 0 unspecified atom stereocenters. The third-order valence-corrected chi connectivity index (χ3v) is 5.00. The average molecular weight is 356 g/mol. The van der Waals surface area contributed by atoms with Gasteiger partial charge in [0.15, 0.2) is 5.82 Å². The van der Waals surface area contributed by atoms with Crippen LogP contribution in [0.4, 0.5) is 0 Å². The van der Waals surface area contributed by atoms with Crippen LogP contribution >= 0.6 is 27.3 Å². The molecule has 3 rings (SSSR count). The minimum atomic E-state index is 0.0848. The van der Waals surface area contributed by atoms with Crippen molar-refractivity contribution in [1.82, 2.24) is 15.0 Å². The van der Waals surface area contributed by atoms with Gasteiger partial charge in [-0.1, -0.05) is 5.16 Å². The van der Waals surface area contributed by atoms with Gasteiger partial charge in [0.05, 0.1) is 14.6 Å². The van der Waals surface area contributed by atoms with E-state index in [1.54, 1.807) is 0 Å². The highest BCUT2D eigenvalue weighted by Gasteiger charge is 2.29. The molecule has 7 heteroatoms. The van der Waals surface area contributed by atoms with Crippen LogP contribution in [0.15, 0.2) is 20.4 Å². The van der Waals surface area contributed by atoms with Gasteiger partial charge >= 0.3 is 0 Å². The lowest BCUT2D eigenvalue weighted by molar-refractivity contribution is 0.0700. The molecule has 0 saturated carbocycles. The van der Waals surface area contributed by atoms with Crippen molar-refractivity contribution in [2.75, 3.05) is 13.1 Å². The Morgan fingerprint density at radius 1 is 1.55 bits per heavy atom. The molecule has 1 aliphatic heterocycles. The van der Waals surface area contributed by atoms with E-state index in [0.717, 1.165) is 28.0 Å². The lowest BCUT2D eigenvalue weighted by Crippen LogP contribution is -2.38. The van der Waals surface area contributed by atoms with Crippen LogP contribution in [-0.2, 0) is 0 Å². The molecule has 1 atom stereocenters. The third-order valence-electron chi connectivity index (χ3n) is 3.39. The number of carbonyl (C=O) groups is 1. The Kier molecular flexibility index (Phi) is 3.89. The number of thiophene rings is 1. The van der Waals surface area contributed by atoms with Crippen molar-refractivity contribution in [3.05, 3.63) is 32.5 Å². The Hall–Kier alpha value is -1.21. The summed E-state index contributed by atoms with van der Waals surface area (Å²) in [6, 6.07) is 3.76. The molecule has 106 valence electrons. The number of piperidine rings is 1. The molecule has 0 aliphatic carbocycles. The molecule has 0 radical (unpaired) electrons. The van der Waals surface area contributed by atoms with E-state index in [4.69, 9.17) is 4.52 Å². The van der Waals surface area contributed by atoms with Gasteiger partial charge in [0, 0.05) is 13.1 Å². The number of aryl methyl sites for hydroxylation is 1. The van der Waals surface area contributed by atoms with Crippen LogP contribution in [0.2, 0.25) is 0 Å². The first-order chi connectivity index (χ1) is 9.63. The van der Waals surface area contributed by atoms with Crippen molar-refractivity contribution < 1.29 is 9.32 Å². The molecule has 0 spiro atoms. The zero-order chi connectivity index (χ0) is 14.1. The minimum absolute atomic E-state index is 0.0848. The van der Waals surface area contributed by atoms with Gasteiger partial charge in [0.2, 0.25) is 5.89 Å². The van der Waals surface area contributed by atoms with Crippen LogP contribution in [0.3, 0.4) is 0 Å². The number of aromatic nitrogens is 2. The largest absolute Gasteiger partial charge is 0.339 e. The van der Waals surface area contributed by atoms with Gasteiger partial charge in [-0.15, -0.1) is 11.3 Å². The summed E-state index contributed by atoms with van der Waals surface area (Å²) in [7, 11) is 0. The van der Waals surface area contributed by atoms with Gasteiger partial charge in [-0.3, -0.25) is 4.79 Å². The molecule has 2 aromatic heterocycles. The third kappa shape index (κ3) is 2.78. The Balaban J connectivity index is 1.73. The highest BCUT2D eigenvalue weighted by atomic mass is 79.9. The van der Waals surface area contributed by atoms with Gasteiger partial charge < -0.3 is 9.42 Å². The maximum atomic E-state index is 12.4. The van der Waals surface area contributed by atoms with Crippen LogP contribution in [0.5, 0.6) is 0 Å². The Bertz CT molecular complexity index is 625. The Morgan fingerprint density at radius 2 is 2.40 bits per heavy atom. The van der Waals surface area contributed by atoms with Crippen molar-refractivity contribution in [2.24, 2.45) is 0 Å². The molecule has 0 bridgehead atoms. The molecule has 0 N–H and O–H groups in total. The van der Waals surface area contributed by atoms with E-state index in [9.17, 15) is 4.79 Å². The molecular weight excluding hydrogens is 342 g/mol. The molecule has 20 heavy (non-hydrogen) atoms. The van der Waals surface area contributed by atoms with E-state index >= 15 is 0 Å². The van der Waals surface area contributed by atoms with E-state index in [1.807, 2.05) is 24.0 Å². The molecule has 5 nitrogen and oxygen atoms in total. The minimum Gasteiger partial charge on any atom is -0.339 e. The summed E-state index contributed by atoms with van der Waals surface area (Å²) in [5, 5.41) is 3.83. The summed E-state index contributed by atoms with van der Waals surface area (Å²) < 4.78 is 6.21. The number of carbonyl (C=O) groups excluding carboxylic acids is 1. The fourth-order valence-electron chi connectivity index (χ4n) is 2.43. The zero-order valence-electron chi connectivity index (χ0n) is 11.0. The van der Waals surface area contributed by atoms with Gasteiger partial charge in [-0.05, 0) is 47.8 Å². The summed E-state index contributed by atoms with van der Waals surface area (Å²) in [5.74, 6) is 1.52. The summed E-state index contributed by atoms with van der Waals surface area (Å²) in [6.07, 6.45) is 1.95. The van der Waals surface area contributed by atoms with Crippen LogP contribution < -0.4 is 0 Å². The summed E-state index contributed by atoms with van der Waals surface area (Å²) in [5.41, 5.74) is 0. The van der Waals surface area contributed by atoms with Crippen molar-refractivity contribution >= 4 is 33.2 Å².